The summed E-state index contributed by atoms with van der Waals surface area (Å²) in [4.78, 5) is 27.0. The second-order valence-electron chi connectivity index (χ2n) is 5.22. The standard InChI is InChI=1S/C13H16F3N3O3/c1-7-5-19(6-8(2)22-7)12(21)18-10-3-9(13(14,15)16)4-17-11(10)20/h3-4,7-8H,5-6H2,1-2H3,(H,17,20)(H,18,21)/t7-,8-/m1/s1. The Balaban J connectivity index is 2.16. The highest BCUT2D eigenvalue weighted by Gasteiger charge is 2.32. The van der Waals surface area contributed by atoms with Gasteiger partial charge in [-0.25, -0.2) is 4.79 Å². The molecule has 1 aromatic rings. The molecule has 0 bridgehead atoms. The van der Waals surface area contributed by atoms with E-state index < -0.39 is 29.0 Å². The van der Waals surface area contributed by atoms with Crippen LogP contribution < -0.4 is 10.9 Å². The van der Waals surface area contributed by atoms with E-state index in [4.69, 9.17) is 4.74 Å². The quantitative estimate of drug-likeness (QED) is 0.832. The number of aromatic amines is 1. The van der Waals surface area contributed by atoms with Gasteiger partial charge in [0.1, 0.15) is 5.69 Å². The summed E-state index contributed by atoms with van der Waals surface area (Å²) >= 11 is 0. The molecule has 0 aliphatic carbocycles. The molecule has 2 heterocycles. The summed E-state index contributed by atoms with van der Waals surface area (Å²) in [7, 11) is 0. The summed E-state index contributed by atoms with van der Waals surface area (Å²) in [5.41, 5.74) is -2.27. The minimum Gasteiger partial charge on any atom is -0.372 e. The molecule has 1 fully saturated rings. The van der Waals surface area contributed by atoms with Crippen LogP contribution in [0.4, 0.5) is 23.7 Å². The lowest BCUT2D eigenvalue weighted by molar-refractivity contribution is -0.137. The number of H-pyrrole nitrogens is 1. The van der Waals surface area contributed by atoms with E-state index in [2.05, 4.69) is 5.32 Å². The van der Waals surface area contributed by atoms with Gasteiger partial charge in [-0.1, -0.05) is 0 Å². The van der Waals surface area contributed by atoms with Gasteiger partial charge in [0.25, 0.3) is 5.56 Å². The number of carbonyl (C=O) groups is 1. The molecule has 1 aliphatic rings. The normalized spacial score (nSPS) is 22.5. The molecule has 122 valence electrons. The van der Waals surface area contributed by atoms with Crippen molar-refractivity contribution in [1.29, 1.82) is 0 Å². The lowest BCUT2D eigenvalue weighted by Crippen LogP contribution is -2.50. The average Bonchev–Trinajstić information content (AvgIpc) is 2.38. The molecule has 2 amide bonds. The Kier molecular flexibility index (Phi) is 4.45. The highest BCUT2D eigenvalue weighted by molar-refractivity contribution is 5.89. The number of amides is 2. The van der Waals surface area contributed by atoms with E-state index in [9.17, 15) is 22.8 Å². The first kappa shape index (κ1) is 16.3. The molecule has 0 spiro atoms. The number of anilines is 1. The number of aromatic nitrogens is 1. The zero-order valence-corrected chi connectivity index (χ0v) is 12.0. The van der Waals surface area contributed by atoms with Gasteiger partial charge in [-0.2, -0.15) is 13.2 Å². The van der Waals surface area contributed by atoms with Gasteiger partial charge in [-0.15, -0.1) is 0 Å². The molecule has 6 nitrogen and oxygen atoms in total. The lowest BCUT2D eigenvalue weighted by Gasteiger charge is -2.35. The number of ether oxygens (including phenoxy) is 1. The number of rotatable bonds is 1. The largest absolute Gasteiger partial charge is 0.417 e. The van der Waals surface area contributed by atoms with Gasteiger partial charge >= 0.3 is 12.2 Å². The van der Waals surface area contributed by atoms with Crippen LogP contribution >= 0.6 is 0 Å². The smallest absolute Gasteiger partial charge is 0.372 e. The van der Waals surface area contributed by atoms with Crippen molar-refractivity contribution in [1.82, 2.24) is 9.88 Å². The number of alkyl halides is 3. The minimum atomic E-state index is -4.61. The summed E-state index contributed by atoms with van der Waals surface area (Å²) in [6.07, 6.45) is -4.41. The second-order valence-corrected chi connectivity index (χ2v) is 5.22. The van der Waals surface area contributed by atoms with Crippen molar-refractivity contribution in [3.05, 3.63) is 28.2 Å². The Morgan fingerprint density at radius 2 is 1.95 bits per heavy atom. The van der Waals surface area contributed by atoms with E-state index in [0.717, 1.165) is 0 Å². The first-order valence-electron chi connectivity index (χ1n) is 6.68. The molecule has 1 aliphatic heterocycles. The fraction of sp³-hybridized carbons (Fsp3) is 0.538. The van der Waals surface area contributed by atoms with Crippen LogP contribution in [0.1, 0.15) is 19.4 Å². The predicted octanol–water partition coefficient (Wildman–Crippen LogP) is 2.03. The molecule has 2 atom stereocenters. The van der Waals surface area contributed by atoms with Crippen LogP contribution in [-0.2, 0) is 10.9 Å². The maximum atomic E-state index is 12.6. The Morgan fingerprint density at radius 3 is 2.50 bits per heavy atom. The third-order valence-electron chi connectivity index (χ3n) is 3.18. The average molecular weight is 319 g/mol. The molecule has 9 heteroatoms. The number of hydrogen-bond donors (Lipinski definition) is 2. The maximum Gasteiger partial charge on any atom is 0.417 e. The van der Waals surface area contributed by atoms with Crippen molar-refractivity contribution in [2.24, 2.45) is 0 Å². The van der Waals surface area contributed by atoms with Gasteiger partial charge in [-0.05, 0) is 19.9 Å². The molecule has 0 radical (unpaired) electrons. The Hall–Kier alpha value is -2.03. The summed E-state index contributed by atoms with van der Waals surface area (Å²) in [6, 6.07) is -0.0175. The van der Waals surface area contributed by atoms with Gasteiger partial charge < -0.3 is 19.9 Å². The molecular weight excluding hydrogens is 303 g/mol. The molecular formula is C13H16F3N3O3. The molecule has 0 unspecified atom stereocenters. The monoisotopic (exact) mass is 319 g/mol. The van der Waals surface area contributed by atoms with Crippen LogP contribution in [0.3, 0.4) is 0 Å². The SMILES string of the molecule is C[C@@H]1CN(C(=O)Nc2cc(C(F)(F)F)c[nH]c2=O)C[C@@H](C)O1. The van der Waals surface area contributed by atoms with Crippen molar-refractivity contribution < 1.29 is 22.7 Å². The maximum absolute atomic E-state index is 12.6. The van der Waals surface area contributed by atoms with E-state index in [1.807, 2.05) is 4.98 Å². The van der Waals surface area contributed by atoms with Crippen molar-refractivity contribution in [2.75, 3.05) is 18.4 Å². The number of pyridine rings is 1. The first-order valence-corrected chi connectivity index (χ1v) is 6.68. The van der Waals surface area contributed by atoms with Crippen LogP contribution in [0.2, 0.25) is 0 Å². The summed E-state index contributed by atoms with van der Waals surface area (Å²) in [5.74, 6) is 0. The number of nitrogens with zero attached hydrogens (tertiary/aromatic N) is 1. The van der Waals surface area contributed by atoms with Gasteiger partial charge in [0.2, 0.25) is 0 Å². The number of morpholine rings is 1. The van der Waals surface area contributed by atoms with Gasteiger partial charge in [0.15, 0.2) is 0 Å². The number of nitrogens with one attached hydrogen (secondary N) is 2. The van der Waals surface area contributed by atoms with Gasteiger partial charge in [0.05, 0.1) is 17.8 Å². The molecule has 22 heavy (non-hydrogen) atoms. The van der Waals surface area contributed by atoms with Crippen LogP contribution in [0.15, 0.2) is 17.1 Å². The summed E-state index contributed by atoms with van der Waals surface area (Å²) < 4.78 is 43.4. The zero-order valence-electron chi connectivity index (χ0n) is 12.0. The predicted molar refractivity (Wildman–Crippen MR) is 72.7 cm³/mol. The minimum absolute atomic E-state index is 0.186. The molecule has 0 aromatic carbocycles. The summed E-state index contributed by atoms with van der Waals surface area (Å²) in [5, 5.41) is 2.22. The molecule has 1 saturated heterocycles. The fourth-order valence-corrected chi connectivity index (χ4v) is 2.28. The highest BCUT2D eigenvalue weighted by atomic mass is 19.4. The number of hydrogen-bond acceptors (Lipinski definition) is 3. The lowest BCUT2D eigenvalue weighted by atomic mass is 10.2. The van der Waals surface area contributed by atoms with E-state index in [-0.39, 0.29) is 12.2 Å². The van der Waals surface area contributed by atoms with Crippen LogP contribution in [0.25, 0.3) is 0 Å². The molecule has 2 rings (SSSR count). The van der Waals surface area contributed by atoms with Crippen LogP contribution in [0, 0.1) is 0 Å². The van der Waals surface area contributed by atoms with Crippen LogP contribution in [-0.4, -0.2) is 41.2 Å². The Labute approximate surface area is 124 Å². The number of carbonyl (C=O) groups excluding carboxylic acids is 1. The number of halogens is 3. The third kappa shape index (κ3) is 3.79. The second kappa shape index (κ2) is 5.99. The topological polar surface area (TPSA) is 74.4 Å². The molecule has 2 N–H and O–H groups in total. The van der Waals surface area contributed by atoms with E-state index in [1.165, 1.54) is 4.90 Å². The van der Waals surface area contributed by atoms with Gasteiger partial charge in [0, 0.05) is 19.3 Å². The Morgan fingerprint density at radius 1 is 1.36 bits per heavy atom. The Bertz CT molecular complexity index is 605. The zero-order chi connectivity index (χ0) is 16.5. The van der Waals surface area contributed by atoms with Crippen molar-refractivity contribution >= 4 is 11.7 Å². The van der Waals surface area contributed by atoms with E-state index in [1.54, 1.807) is 13.8 Å². The third-order valence-corrected chi connectivity index (χ3v) is 3.18. The van der Waals surface area contributed by atoms with Crippen LogP contribution in [0.5, 0.6) is 0 Å². The van der Waals surface area contributed by atoms with Gasteiger partial charge in [-0.3, -0.25) is 4.79 Å². The highest BCUT2D eigenvalue weighted by Crippen LogP contribution is 2.29. The number of urea groups is 1. The van der Waals surface area contributed by atoms with Crippen molar-refractivity contribution in [3.63, 3.8) is 0 Å². The molecule has 1 aromatic heterocycles. The molecule has 0 saturated carbocycles. The van der Waals surface area contributed by atoms with Crippen molar-refractivity contribution in [2.45, 2.75) is 32.2 Å². The summed E-state index contributed by atoms with van der Waals surface area (Å²) in [6.45, 7) is 4.17. The fourth-order valence-electron chi connectivity index (χ4n) is 2.28. The van der Waals surface area contributed by atoms with E-state index >= 15 is 0 Å². The van der Waals surface area contributed by atoms with Crippen molar-refractivity contribution in [3.8, 4) is 0 Å². The first-order chi connectivity index (χ1) is 10.2. The van der Waals surface area contributed by atoms with E-state index in [0.29, 0.717) is 25.4 Å².